The van der Waals surface area contributed by atoms with Gasteiger partial charge >= 0.3 is 0 Å². The van der Waals surface area contributed by atoms with Gasteiger partial charge in [0.2, 0.25) is 0 Å². The Morgan fingerprint density at radius 1 is 1.06 bits per heavy atom. The van der Waals surface area contributed by atoms with Crippen LogP contribution in [0, 0.1) is 0 Å². The first-order chi connectivity index (χ1) is 17.1. The quantitative estimate of drug-likeness (QED) is 0.345. The third kappa shape index (κ3) is 4.35. The summed E-state index contributed by atoms with van der Waals surface area (Å²) in [6.45, 7) is 3.07. The Labute approximate surface area is 208 Å². The Hall–Kier alpha value is -3.84. The number of pyridine rings is 1. The zero-order chi connectivity index (χ0) is 24.4. The number of benzene rings is 2. The molecule has 0 aliphatic carbocycles. The van der Waals surface area contributed by atoms with Gasteiger partial charge in [0.05, 0.1) is 25.5 Å². The van der Waals surface area contributed by atoms with E-state index in [2.05, 4.69) is 22.1 Å². The van der Waals surface area contributed by atoms with Gasteiger partial charge in [0.1, 0.15) is 5.69 Å². The molecule has 178 valence electrons. The highest BCUT2D eigenvalue weighted by Crippen LogP contribution is 2.45. The smallest absolute Gasteiger partial charge is 0.273 e. The van der Waals surface area contributed by atoms with E-state index in [-0.39, 0.29) is 11.9 Å². The first-order valence-corrected chi connectivity index (χ1v) is 11.8. The van der Waals surface area contributed by atoms with Gasteiger partial charge in [-0.15, -0.1) is 0 Å². The Kier molecular flexibility index (Phi) is 6.42. The average molecular weight is 489 g/mol. The number of halogens is 1. The highest BCUT2D eigenvalue weighted by molar-refractivity contribution is 6.30. The van der Waals surface area contributed by atoms with Crippen LogP contribution in [-0.2, 0) is 6.54 Å². The molecule has 1 aliphatic rings. The monoisotopic (exact) mass is 488 g/mol. The summed E-state index contributed by atoms with van der Waals surface area (Å²) in [6, 6.07) is 16.7. The number of methoxy groups -OCH3 is 1. The van der Waals surface area contributed by atoms with Gasteiger partial charge in [-0.1, -0.05) is 36.7 Å². The fourth-order valence-corrected chi connectivity index (χ4v) is 4.53. The summed E-state index contributed by atoms with van der Waals surface area (Å²) in [5.41, 5.74) is 4.81. The number of carbonyl (C=O) groups is 1. The minimum absolute atomic E-state index is 0.111. The molecule has 0 saturated heterocycles. The molecule has 1 atom stereocenters. The van der Waals surface area contributed by atoms with Crippen molar-refractivity contribution in [2.45, 2.75) is 25.9 Å². The number of fused-ring (bicyclic) bond motifs is 1. The zero-order valence-corrected chi connectivity index (χ0v) is 20.2. The maximum Gasteiger partial charge on any atom is 0.273 e. The number of H-pyrrole nitrogens is 1. The number of aromatic amines is 1. The van der Waals surface area contributed by atoms with E-state index in [1.165, 1.54) is 0 Å². The Morgan fingerprint density at radius 2 is 1.83 bits per heavy atom. The van der Waals surface area contributed by atoms with Gasteiger partial charge < -0.3 is 14.4 Å². The van der Waals surface area contributed by atoms with Gasteiger partial charge in [0.25, 0.3) is 5.91 Å². The largest absolute Gasteiger partial charge is 0.493 e. The molecule has 1 unspecified atom stereocenters. The SMILES string of the molecule is CCCOc1ccc(C2c3c(-c4ccc(Cl)cc4)n[nH]c3C(=O)N2Cc2ccncc2)cc1OC. The first kappa shape index (κ1) is 22.9. The molecule has 1 amide bonds. The number of aromatic nitrogens is 3. The molecule has 4 aromatic rings. The van der Waals surface area contributed by atoms with Crippen LogP contribution in [0.15, 0.2) is 67.0 Å². The molecule has 35 heavy (non-hydrogen) atoms. The molecule has 5 rings (SSSR count). The molecule has 7 nitrogen and oxygen atoms in total. The Morgan fingerprint density at radius 3 is 2.54 bits per heavy atom. The second-order valence-corrected chi connectivity index (χ2v) is 8.75. The maximum absolute atomic E-state index is 13.6. The van der Waals surface area contributed by atoms with Crippen LogP contribution in [0.2, 0.25) is 5.02 Å². The Bertz CT molecular complexity index is 1340. The van der Waals surface area contributed by atoms with Crippen molar-refractivity contribution in [3.8, 4) is 22.8 Å². The van der Waals surface area contributed by atoms with E-state index < -0.39 is 0 Å². The van der Waals surface area contributed by atoms with Gasteiger partial charge in [-0.3, -0.25) is 14.9 Å². The molecule has 3 heterocycles. The minimum atomic E-state index is -0.371. The third-order valence-corrected chi connectivity index (χ3v) is 6.30. The van der Waals surface area contributed by atoms with Crippen LogP contribution in [0.4, 0.5) is 0 Å². The molecule has 0 radical (unpaired) electrons. The predicted octanol–water partition coefficient (Wildman–Crippen LogP) is 5.67. The van der Waals surface area contributed by atoms with Crippen molar-refractivity contribution in [3.63, 3.8) is 0 Å². The lowest BCUT2D eigenvalue weighted by Gasteiger charge is -2.27. The lowest BCUT2D eigenvalue weighted by molar-refractivity contribution is 0.0729. The van der Waals surface area contributed by atoms with Crippen LogP contribution in [0.3, 0.4) is 0 Å². The maximum atomic E-state index is 13.6. The summed E-state index contributed by atoms with van der Waals surface area (Å²) in [4.78, 5) is 19.6. The van der Waals surface area contributed by atoms with Crippen molar-refractivity contribution >= 4 is 17.5 Å². The molecule has 2 aromatic carbocycles. The van der Waals surface area contributed by atoms with Crippen LogP contribution < -0.4 is 9.47 Å². The second kappa shape index (κ2) is 9.80. The van der Waals surface area contributed by atoms with Gasteiger partial charge in [-0.05, 0) is 53.9 Å². The van der Waals surface area contributed by atoms with E-state index in [9.17, 15) is 4.79 Å². The van der Waals surface area contributed by atoms with E-state index in [1.807, 2.05) is 59.5 Å². The van der Waals surface area contributed by atoms with Crippen molar-refractivity contribution in [1.29, 1.82) is 0 Å². The molecule has 1 N–H and O–H groups in total. The van der Waals surface area contributed by atoms with Crippen LogP contribution in [0.5, 0.6) is 11.5 Å². The molecule has 1 aliphatic heterocycles. The summed E-state index contributed by atoms with van der Waals surface area (Å²) in [7, 11) is 1.62. The lowest BCUT2D eigenvalue weighted by atomic mass is 9.95. The van der Waals surface area contributed by atoms with E-state index in [0.29, 0.717) is 35.4 Å². The summed E-state index contributed by atoms with van der Waals surface area (Å²) >= 11 is 6.11. The summed E-state index contributed by atoms with van der Waals surface area (Å²) < 4.78 is 11.5. The van der Waals surface area contributed by atoms with Crippen LogP contribution in [0.1, 0.15) is 46.6 Å². The number of hydrogen-bond donors (Lipinski definition) is 1. The van der Waals surface area contributed by atoms with Crippen molar-refractivity contribution in [2.75, 3.05) is 13.7 Å². The van der Waals surface area contributed by atoms with Crippen LogP contribution in [-0.4, -0.2) is 39.7 Å². The Balaban J connectivity index is 1.63. The second-order valence-electron chi connectivity index (χ2n) is 8.32. The minimum Gasteiger partial charge on any atom is -0.493 e. The van der Waals surface area contributed by atoms with Crippen LogP contribution >= 0.6 is 11.6 Å². The number of nitrogens with zero attached hydrogens (tertiary/aromatic N) is 3. The molecular weight excluding hydrogens is 464 g/mol. The summed E-state index contributed by atoms with van der Waals surface area (Å²) in [5.74, 6) is 1.19. The fraction of sp³-hybridized carbons (Fsp3) is 0.222. The highest BCUT2D eigenvalue weighted by atomic mass is 35.5. The topological polar surface area (TPSA) is 80.3 Å². The first-order valence-electron chi connectivity index (χ1n) is 11.5. The highest BCUT2D eigenvalue weighted by Gasteiger charge is 2.42. The molecule has 0 fully saturated rings. The van der Waals surface area contributed by atoms with E-state index >= 15 is 0 Å². The lowest BCUT2D eigenvalue weighted by Crippen LogP contribution is -2.29. The van der Waals surface area contributed by atoms with E-state index in [4.69, 9.17) is 21.1 Å². The number of hydrogen-bond acceptors (Lipinski definition) is 5. The number of ether oxygens (including phenoxy) is 2. The third-order valence-electron chi connectivity index (χ3n) is 6.05. The molecule has 2 aromatic heterocycles. The van der Waals surface area contributed by atoms with Crippen molar-refractivity contribution < 1.29 is 14.3 Å². The fourth-order valence-electron chi connectivity index (χ4n) is 4.40. The number of amides is 1. The molecular formula is C27H25ClN4O3. The van der Waals surface area contributed by atoms with Crippen molar-refractivity contribution in [1.82, 2.24) is 20.1 Å². The number of rotatable bonds is 8. The van der Waals surface area contributed by atoms with Gasteiger partial charge in [0.15, 0.2) is 11.5 Å². The summed E-state index contributed by atoms with van der Waals surface area (Å²) in [5, 5.41) is 8.15. The molecule has 0 saturated carbocycles. The van der Waals surface area contributed by atoms with Crippen molar-refractivity contribution in [2.24, 2.45) is 0 Å². The number of carbonyl (C=O) groups excluding carboxylic acids is 1. The number of nitrogens with one attached hydrogen (secondary N) is 1. The van der Waals surface area contributed by atoms with Gasteiger partial charge in [0, 0.05) is 35.1 Å². The predicted molar refractivity (Wildman–Crippen MR) is 134 cm³/mol. The molecule has 8 heteroatoms. The molecule has 0 bridgehead atoms. The zero-order valence-electron chi connectivity index (χ0n) is 19.5. The average Bonchev–Trinajstić information content (AvgIpc) is 3.43. The van der Waals surface area contributed by atoms with Gasteiger partial charge in [-0.25, -0.2) is 0 Å². The standard InChI is InChI=1S/C27H25ClN4O3/c1-3-14-35-21-9-6-19(15-22(21)34-2)26-23-24(18-4-7-20(28)8-5-18)30-31-25(23)27(33)32(26)16-17-10-12-29-13-11-17/h4-13,15,26H,3,14,16H2,1-2H3,(H,30,31). The van der Waals surface area contributed by atoms with Gasteiger partial charge in [-0.2, -0.15) is 5.10 Å². The normalized spacial score (nSPS) is 14.8. The van der Waals surface area contributed by atoms with Crippen molar-refractivity contribution in [3.05, 3.63) is 94.4 Å². The molecule has 0 spiro atoms. The van der Waals surface area contributed by atoms with Crippen LogP contribution in [0.25, 0.3) is 11.3 Å². The van der Waals surface area contributed by atoms with E-state index in [0.717, 1.165) is 34.4 Å². The summed E-state index contributed by atoms with van der Waals surface area (Å²) in [6.07, 6.45) is 4.35. The van der Waals surface area contributed by atoms with E-state index in [1.54, 1.807) is 19.5 Å².